The second-order valence-electron chi connectivity index (χ2n) is 5.77. The van der Waals surface area contributed by atoms with Crippen LogP contribution in [0.5, 0.6) is 0 Å². The molecule has 0 spiro atoms. The van der Waals surface area contributed by atoms with Crippen LogP contribution in [0, 0.1) is 6.92 Å². The van der Waals surface area contributed by atoms with Gasteiger partial charge in [-0.25, -0.2) is 4.79 Å². The van der Waals surface area contributed by atoms with Gasteiger partial charge in [0.2, 0.25) is 0 Å². The monoisotopic (exact) mass is 365 g/mol. The highest BCUT2D eigenvalue weighted by Gasteiger charge is 2.35. The van der Waals surface area contributed by atoms with Crippen LogP contribution in [0.2, 0.25) is 0 Å². The lowest BCUT2D eigenvalue weighted by Gasteiger charge is -2.17. The van der Waals surface area contributed by atoms with E-state index in [0.717, 1.165) is 23.3 Å². The summed E-state index contributed by atoms with van der Waals surface area (Å²) in [4.78, 5) is 23.9. The zero-order valence-electron chi connectivity index (χ0n) is 14.3. The number of nitrogens with one attached hydrogen (secondary N) is 1. The van der Waals surface area contributed by atoms with Crippen LogP contribution < -0.4 is 5.32 Å². The minimum atomic E-state index is -4.68. The first-order valence-corrected chi connectivity index (χ1v) is 7.88. The molecule has 4 nitrogen and oxygen atoms in total. The van der Waals surface area contributed by atoms with Gasteiger partial charge in [-0.2, -0.15) is 13.2 Å². The molecule has 7 heteroatoms. The number of hydrogen-bond acceptors (Lipinski definition) is 3. The average molecular weight is 365 g/mol. The van der Waals surface area contributed by atoms with E-state index in [4.69, 9.17) is 4.74 Å². The molecule has 0 heterocycles. The van der Waals surface area contributed by atoms with Crippen LogP contribution in [0.25, 0.3) is 0 Å². The molecular weight excluding hydrogens is 347 g/mol. The van der Waals surface area contributed by atoms with E-state index in [9.17, 15) is 22.8 Å². The number of alkyl halides is 3. The minimum Gasteiger partial charge on any atom is -0.452 e. The fourth-order valence-electron chi connectivity index (χ4n) is 2.55. The Kier molecular flexibility index (Phi) is 6.02. The second kappa shape index (κ2) is 8.03. The lowest BCUT2D eigenvalue weighted by molar-refractivity contribution is -0.138. The number of benzene rings is 2. The topological polar surface area (TPSA) is 55.4 Å². The lowest BCUT2D eigenvalue weighted by atomic mass is 10.0. The summed E-state index contributed by atoms with van der Waals surface area (Å²) in [6.07, 6.45) is -4.68. The molecule has 0 saturated carbocycles. The van der Waals surface area contributed by atoms with Gasteiger partial charge in [0.05, 0.1) is 17.2 Å². The number of carbonyl (C=O) groups is 2. The summed E-state index contributed by atoms with van der Waals surface area (Å²) < 4.78 is 43.5. The molecular formula is C19H18F3NO3. The summed E-state index contributed by atoms with van der Waals surface area (Å²) >= 11 is 0. The van der Waals surface area contributed by atoms with Crippen LogP contribution >= 0.6 is 0 Å². The van der Waals surface area contributed by atoms with Crippen LogP contribution in [0.4, 0.5) is 13.2 Å². The van der Waals surface area contributed by atoms with Crippen LogP contribution in [-0.2, 0) is 15.7 Å². The summed E-state index contributed by atoms with van der Waals surface area (Å²) in [5.41, 5.74) is 0.157. The highest BCUT2D eigenvalue weighted by atomic mass is 19.4. The molecule has 1 atom stereocenters. The van der Waals surface area contributed by atoms with E-state index < -0.39 is 35.8 Å². The summed E-state index contributed by atoms with van der Waals surface area (Å²) in [5, 5.41) is 2.65. The number of ether oxygens (including phenoxy) is 1. The van der Waals surface area contributed by atoms with E-state index in [1.54, 1.807) is 6.92 Å². The third-order valence-electron chi connectivity index (χ3n) is 3.82. The van der Waals surface area contributed by atoms with E-state index >= 15 is 0 Å². The largest absolute Gasteiger partial charge is 0.452 e. The molecule has 2 aromatic rings. The fraction of sp³-hybridized carbons (Fsp3) is 0.263. The van der Waals surface area contributed by atoms with E-state index in [2.05, 4.69) is 5.32 Å². The van der Waals surface area contributed by atoms with Crippen LogP contribution in [0.3, 0.4) is 0 Å². The van der Waals surface area contributed by atoms with Crippen molar-refractivity contribution < 1.29 is 27.5 Å². The van der Waals surface area contributed by atoms with Crippen molar-refractivity contribution in [3.05, 3.63) is 70.8 Å². The molecule has 0 radical (unpaired) electrons. The van der Waals surface area contributed by atoms with Gasteiger partial charge in [-0.3, -0.25) is 4.79 Å². The Morgan fingerprint density at radius 3 is 2.35 bits per heavy atom. The summed E-state index contributed by atoms with van der Waals surface area (Å²) in [6.45, 7) is 2.99. The smallest absolute Gasteiger partial charge is 0.417 e. The van der Waals surface area contributed by atoms with Gasteiger partial charge >= 0.3 is 12.1 Å². The van der Waals surface area contributed by atoms with Gasteiger partial charge in [-0.15, -0.1) is 0 Å². The Morgan fingerprint density at radius 2 is 1.69 bits per heavy atom. The van der Waals surface area contributed by atoms with Gasteiger partial charge in [-0.05, 0) is 37.1 Å². The zero-order valence-corrected chi connectivity index (χ0v) is 14.3. The van der Waals surface area contributed by atoms with Crippen molar-refractivity contribution in [2.24, 2.45) is 0 Å². The Morgan fingerprint density at radius 1 is 1.08 bits per heavy atom. The summed E-state index contributed by atoms with van der Waals surface area (Å²) in [7, 11) is 0. The van der Waals surface area contributed by atoms with Crippen molar-refractivity contribution in [1.82, 2.24) is 5.32 Å². The number of amides is 1. The molecule has 0 bridgehead atoms. The molecule has 26 heavy (non-hydrogen) atoms. The maximum Gasteiger partial charge on any atom is 0.417 e. The second-order valence-corrected chi connectivity index (χ2v) is 5.77. The fourth-order valence-corrected chi connectivity index (χ4v) is 2.55. The average Bonchev–Trinajstić information content (AvgIpc) is 2.59. The van der Waals surface area contributed by atoms with Gasteiger partial charge in [0.15, 0.2) is 6.61 Å². The molecule has 0 fully saturated rings. The zero-order chi connectivity index (χ0) is 19.3. The molecule has 2 rings (SSSR count). The predicted octanol–water partition coefficient (Wildman–Crippen LogP) is 4.05. The van der Waals surface area contributed by atoms with Crippen molar-refractivity contribution in [3.8, 4) is 0 Å². The number of esters is 1. The molecule has 2 aromatic carbocycles. The highest BCUT2D eigenvalue weighted by Crippen LogP contribution is 2.32. The van der Waals surface area contributed by atoms with E-state index in [0.29, 0.717) is 0 Å². The maximum absolute atomic E-state index is 12.9. The van der Waals surface area contributed by atoms with Crippen LogP contribution in [0.15, 0.2) is 48.5 Å². The lowest BCUT2D eigenvalue weighted by Crippen LogP contribution is -2.31. The Balaban J connectivity index is 1.98. The predicted molar refractivity (Wildman–Crippen MR) is 89.5 cm³/mol. The minimum absolute atomic E-state index is 0.329. The van der Waals surface area contributed by atoms with Crippen molar-refractivity contribution >= 4 is 11.9 Å². The third-order valence-corrected chi connectivity index (χ3v) is 3.82. The van der Waals surface area contributed by atoms with E-state index in [1.165, 1.54) is 12.1 Å². The molecule has 138 valence electrons. The van der Waals surface area contributed by atoms with Crippen LogP contribution in [0.1, 0.15) is 40.0 Å². The summed E-state index contributed by atoms with van der Waals surface area (Å²) in [6, 6.07) is 11.4. The van der Waals surface area contributed by atoms with Gasteiger partial charge in [0.1, 0.15) is 0 Å². The van der Waals surface area contributed by atoms with E-state index in [1.807, 2.05) is 31.2 Å². The van der Waals surface area contributed by atoms with Crippen molar-refractivity contribution in [2.75, 3.05) is 6.61 Å². The SMILES string of the molecule is Cc1ccccc1C(C)NC(=O)COC(=O)c1ccccc1C(F)(F)F. The van der Waals surface area contributed by atoms with Crippen molar-refractivity contribution in [3.63, 3.8) is 0 Å². The van der Waals surface area contributed by atoms with Gasteiger partial charge < -0.3 is 10.1 Å². The molecule has 0 aromatic heterocycles. The number of carbonyl (C=O) groups excluding carboxylic acids is 2. The van der Waals surface area contributed by atoms with Gasteiger partial charge in [-0.1, -0.05) is 36.4 Å². The van der Waals surface area contributed by atoms with Crippen LogP contribution in [-0.4, -0.2) is 18.5 Å². The molecule has 0 aliphatic carbocycles. The highest BCUT2D eigenvalue weighted by molar-refractivity contribution is 5.93. The molecule has 0 aliphatic rings. The molecule has 0 aliphatic heterocycles. The number of halogens is 3. The normalized spacial score (nSPS) is 12.3. The Labute approximate surface area is 149 Å². The molecule has 1 N–H and O–H groups in total. The maximum atomic E-state index is 12.9. The first-order valence-electron chi connectivity index (χ1n) is 7.88. The van der Waals surface area contributed by atoms with Crippen molar-refractivity contribution in [1.29, 1.82) is 0 Å². The molecule has 1 unspecified atom stereocenters. The first kappa shape index (κ1) is 19.5. The number of hydrogen-bond donors (Lipinski definition) is 1. The van der Waals surface area contributed by atoms with Gasteiger partial charge in [0.25, 0.3) is 5.91 Å². The molecule has 0 saturated heterocycles. The quantitative estimate of drug-likeness (QED) is 0.814. The summed E-state index contributed by atoms with van der Waals surface area (Å²) in [5.74, 6) is -1.80. The first-order chi connectivity index (χ1) is 12.2. The van der Waals surface area contributed by atoms with E-state index in [-0.39, 0.29) is 6.04 Å². The number of aryl methyl sites for hydroxylation is 1. The Hall–Kier alpha value is -2.83. The van der Waals surface area contributed by atoms with Gasteiger partial charge in [0, 0.05) is 0 Å². The standard InChI is InChI=1S/C19H18F3NO3/c1-12-7-3-4-8-14(12)13(2)23-17(24)11-26-18(25)15-9-5-6-10-16(15)19(20,21)22/h3-10,13H,11H2,1-2H3,(H,23,24). The number of rotatable bonds is 5. The van der Waals surface area contributed by atoms with Crippen molar-refractivity contribution in [2.45, 2.75) is 26.1 Å². The third kappa shape index (κ3) is 4.84. The Bertz CT molecular complexity index is 803. The molecule has 1 amide bonds.